The van der Waals surface area contributed by atoms with E-state index in [0.29, 0.717) is 12.2 Å². The van der Waals surface area contributed by atoms with Crippen LogP contribution in [0.5, 0.6) is 5.75 Å². The minimum atomic E-state index is -0.666. The first-order valence-electron chi connectivity index (χ1n) is 8.88. The topological polar surface area (TPSA) is 99.2 Å². The molecule has 0 aliphatic heterocycles. The number of halogens is 1. The van der Waals surface area contributed by atoms with Crippen LogP contribution in [0.15, 0.2) is 42.6 Å². The van der Waals surface area contributed by atoms with Gasteiger partial charge in [0.25, 0.3) is 11.8 Å². The van der Waals surface area contributed by atoms with Gasteiger partial charge in [0.2, 0.25) is 0 Å². The number of hydrogen-bond acceptors (Lipinski definition) is 4. The Bertz CT molecular complexity index is 1050. The molecule has 0 spiro atoms. The van der Waals surface area contributed by atoms with Crippen LogP contribution in [0.25, 0.3) is 0 Å². The van der Waals surface area contributed by atoms with E-state index < -0.39 is 5.91 Å². The third kappa shape index (κ3) is 4.57. The van der Waals surface area contributed by atoms with Crippen LogP contribution in [0.3, 0.4) is 0 Å². The lowest BCUT2D eigenvalue weighted by molar-refractivity contribution is 0.0992. The van der Waals surface area contributed by atoms with E-state index in [2.05, 4.69) is 10.4 Å². The molecule has 0 aliphatic carbocycles. The van der Waals surface area contributed by atoms with Crippen LogP contribution in [0.4, 0.5) is 5.69 Å². The molecule has 2 amide bonds. The molecule has 2 aromatic carbocycles. The number of amides is 2. The molecular formula is C21H21ClN4O3. The number of ether oxygens (including phenoxy) is 1. The van der Waals surface area contributed by atoms with E-state index in [1.807, 2.05) is 38.1 Å². The number of benzene rings is 2. The zero-order valence-corrected chi connectivity index (χ0v) is 17.1. The number of nitrogens with one attached hydrogen (secondary N) is 1. The van der Waals surface area contributed by atoms with E-state index in [1.54, 1.807) is 19.2 Å². The zero-order valence-electron chi connectivity index (χ0n) is 16.3. The standard InChI is InChI=1S/C21H21ClN4O3/c1-12-8-16(9-13(2)18(12)22)29-11-14-4-6-15(7-5-14)21(28)25-17-10-24-26(3)19(17)20(23)27/h4-10H,11H2,1-3H3,(H2,23,27)(H,25,28). The summed E-state index contributed by atoms with van der Waals surface area (Å²) in [5.74, 6) is -0.292. The number of primary amides is 1. The first-order valence-corrected chi connectivity index (χ1v) is 9.25. The van der Waals surface area contributed by atoms with E-state index in [1.165, 1.54) is 10.9 Å². The van der Waals surface area contributed by atoms with Gasteiger partial charge in [-0.3, -0.25) is 14.3 Å². The molecular weight excluding hydrogens is 392 g/mol. The van der Waals surface area contributed by atoms with Crippen LogP contribution in [-0.4, -0.2) is 21.6 Å². The molecule has 1 heterocycles. The normalized spacial score (nSPS) is 10.6. The van der Waals surface area contributed by atoms with Gasteiger partial charge >= 0.3 is 0 Å². The molecule has 0 fully saturated rings. The summed E-state index contributed by atoms with van der Waals surface area (Å²) in [5.41, 5.74) is 9.00. The Morgan fingerprint density at radius 3 is 2.38 bits per heavy atom. The lowest BCUT2D eigenvalue weighted by atomic mass is 10.1. The lowest BCUT2D eigenvalue weighted by Gasteiger charge is -2.10. The second-order valence-corrected chi connectivity index (χ2v) is 7.08. The SMILES string of the molecule is Cc1cc(OCc2ccc(C(=O)Nc3cnn(C)c3C(N)=O)cc2)cc(C)c1Cl. The number of nitrogens with zero attached hydrogens (tertiary/aromatic N) is 2. The lowest BCUT2D eigenvalue weighted by Crippen LogP contribution is -2.20. The monoisotopic (exact) mass is 412 g/mol. The van der Waals surface area contributed by atoms with E-state index in [-0.39, 0.29) is 17.3 Å². The van der Waals surface area contributed by atoms with Crippen LogP contribution in [0.2, 0.25) is 5.02 Å². The van der Waals surface area contributed by atoms with Gasteiger partial charge < -0.3 is 15.8 Å². The van der Waals surface area contributed by atoms with Gasteiger partial charge in [0.1, 0.15) is 18.1 Å². The van der Waals surface area contributed by atoms with Crippen molar-refractivity contribution in [1.82, 2.24) is 9.78 Å². The second kappa shape index (κ2) is 8.36. The summed E-state index contributed by atoms with van der Waals surface area (Å²) in [4.78, 5) is 24.0. The Balaban J connectivity index is 1.66. The Hall–Kier alpha value is -3.32. The van der Waals surface area contributed by atoms with Crippen molar-refractivity contribution in [2.24, 2.45) is 12.8 Å². The van der Waals surface area contributed by atoms with Crippen molar-refractivity contribution in [3.8, 4) is 5.75 Å². The average molecular weight is 413 g/mol. The van der Waals surface area contributed by atoms with Gasteiger partial charge in [-0.15, -0.1) is 0 Å². The number of nitrogens with two attached hydrogens (primary N) is 1. The predicted octanol–water partition coefficient (Wildman–Crippen LogP) is 3.62. The van der Waals surface area contributed by atoms with Gasteiger partial charge in [-0.1, -0.05) is 23.7 Å². The largest absolute Gasteiger partial charge is 0.489 e. The summed E-state index contributed by atoms with van der Waals surface area (Å²) in [6, 6.07) is 10.8. The predicted molar refractivity (Wildman–Crippen MR) is 111 cm³/mol. The molecule has 3 aromatic rings. The zero-order chi connectivity index (χ0) is 21.1. The summed E-state index contributed by atoms with van der Waals surface area (Å²) in [7, 11) is 1.58. The number of aromatic nitrogens is 2. The Kier molecular flexibility index (Phi) is 5.89. The Morgan fingerprint density at radius 1 is 1.17 bits per heavy atom. The minimum absolute atomic E-state index is 0.136. The highest BCUT2D eigenvalue weighted by atomic mass is 35.5. The molecule has 0 aliphatic rings. The molecule has 29 heavy (non-hydrogen) atoms. The number of hydrogen-bond donors (Lipinski definition) is 2. The van der Waals surface area contributed by atoms with Crippen molar-refractivity contribution >= 4 is 29.1 Å². The van der Waals surface area contributed by atoms with Gasteiger partial charge in [-0.25, -0.2) is 0 Å². The summed E-state index contributed by atoms with van der Waals surface area (Å²) >= 11 is 6.18. The fourth-order valence-corrected chi connectivity index (χ4v) is 3.03. The number of rotatable bonds is 6. The van der Waals surface area contributed by atoms with Gasteiger partial charge in [-0.2, -0.15) is 5.10 Å². The quantitative estimate of drug-likeness (QED) is 0.645. The molecule has 0 unspecified atom stereocenters. The maximum Gasteiger partial charge on any atom is 0.269 e. The fourth-order valence-electron chi connectivity index (χ4n) is 2.92. The van der Waals surface area contributed by atoms with E-state index in [9.17, 15) is 9.59 Å². The third-order valence-electron chi connectivity index (χ3n) is 4.45. The van der Waals surface area contributed by atoms with Crippen LogP contribution in [0, 0.1) is 13.8 Å². The number of aryl methyl sites for hydroxylation is 3. The van der Waals surface area contributed by atoms with Crippen LogP contribution >= 0.6 is 11.6 Å². The summed E-state index contributed by atoms with van der Waals surface area (Å²) in [6.45, 7) is 4.22. The van der Waals surface area contributed by atoms with Crippen LogP contribution < -0.4 is 15.8 Å². The molecule has 150 valence electrons. The maximum atomic E-state index is 12.5. The van der Waals surface area contributed by atoms with E-state index in [4.69, 9.17) is 22.1 Å². The molecule has 0 saturated heterocycles. The molecule has 8 heteroatoms. The smallest absolute Gasteiger partial charge is 0.269 e. The highest BCUT2D eigenvalue weighted by Crippen LogP contribution is 2.26. The molecule has 3 N–H and O–H groups in total. The summed E-state index contributed by atoms with van der Waals surface area (Å²) in [5, 5.41) is 7.34. The van der Waals surface area contributed by atoms with Gasteiger partial charge in [0.15, 0.2) is 0 Å². The minimum Gasteiger partial charge on any atom is -0.489 e. The van der Waals surface area contributed by atoms with Crippen LogP contribution in [-0.2, 0) is 13.7 Å². The van der Waals surface area contributed by atoms with Crippen molar-refractivity contribution in [3.05, 3.63) is 75.6 Å². The highest BCUT2D eigenvalue weighted by Gasteiger charge is 2.17. The van der Waals surface area contributed by atoms with Crippen molar-refractivity contribution in [2.45, 2.75) is 20.5 Å². The molecule has 0 saturated carbocycles. The van der Waals surface area contributed by atoms with Crippen molar-refractivity contribution in [3.63, 3.8) is 0 Å². The first kappa shape index (κ1) is 20.4. The molecule has 3 rings (SSSR count). The van der Waals surface area contributed by atoms with E-state index in [0.717, 1.165) is 27.5 Å². The van der Waals surface area contributed by atoms with Crippen LogP contribution in [0.1, 0.15) is 37.5 Å². The first-order chi connectivity index (χ1) is 13.8. The van der Waals surface area contributed by atoms with E-state index >= 15 is 0 Å². The third-order valence-corrected chi connectivity index (χ3v) is 5.05. The maximum absolute atomic E-state index is 12.5. The number of carbonyl (C=O) groups excluding carboxylic acids is 2. The van der Waals surface area contributed by atoms with Gasteiger partial charge in [0, 0.05) is 17.6 Å². The molecule has 0 radical (unpaired) electrons. The molecule has 0 atom stereocenters. The number of anilines is 1. The average Bonchev–Trinajstić information content (AvgIpc) is 3.05. The van der Waals surface area contributed by atoms with Crippen molar-refractivity contribution < 1.29 is 14.3 Å². The van der Waals surface area contributed by atoms with Gasteiger partial charge in [0.05, 0.1) is 11.9 Å². The fraction of sp³-hybridized carbons (Fsp3) is 0.190. The molecule has 0 bridgehead atoms. The summed E-state index contributed by atoms with van der Waals surface area (Å²) < 4.78 is 7.15. The Labute approximate surface area is 173 Å². The highest BCUT2D eigenvalue weighted by molar-refractivity contribution is 6.32. The number of carbonyl (C=O) groups is 2. The second-order valence-electron chi connectivity index (χ2n) is 6.71. The molecule has 7 nitrogen and oxygen atoms in total. The molecule has 1 aromatic heterocycles. The Morgan fingerprint density at radius 2 is 1.79 bits per heavy atom. The van der Waals surface area contributed by atoms with Gasteiger partial charge in [-0.05, 0) is 54.8 Å². The van der Waals surface area contributed by atoms with Crippen molar-refractivity contribution in [2.75, 3.05) is 5.32 Å². The van der Waals surface area contributed by atoms with Crippen molar-refractivity contribution in [1.29, 1.82) is 0 Å². The summed E-state index contributed by atoms with van der Waals surface area (Å²) in [6.07, 6.45) is 1.39.